The summed E-state index contributed by atoms with van der Waals surface area (Å²) in [6.45, 7) is 2.47. The number of carbonyl (C=O) groups is 3. The Balaban J connectivity index is 1.88. The summed E-state index contributed by atoms with van der Waals surface area (Å²) in [5, 5.41) is 5.51. The zero-order valence-corrected chi connectivity index (χ0v) is 12.7. The molecule has 0 bridgehead atoms. The van der Waals surface area contributed by atoms with Crippen molar-refractivity contribution in [3.8, 4) is 0 Å². The molecule has 118 valence electrons. The molecule has 0 radical (unpaired) electrons. The van der Waals surface area contributed by atoms with E-state index < -0.39 is 6.04 Å². The molecule has 3 amide bonds. The lowest BCUT2D eigenvalue weighted by atomic mass is 10.2. The summed E-state index contributed by atoms with van der Waals surface area (Å²) in [7, 11) is 0. The number of amides is 3. The minimum absolute atomic E-state index is 0.0235. The second kappa shape index (κ2) is 7.59. The van der Waals surface area contributed by atoms with E-state index in [1.165, 1.54) is 6.92 Å². The van der Waals surface area contributed by atoms with Gasteiger partial charge >= 0.3 is 0 Å². The Morgan fingerprint density at radius 3 is 2.55 bits per heavy atom. The van der Waals surface area contributed by atoms with Gasteiger partial charge in [-0.3, -0.25) is 19.3 Å². The van der Waals surface area contributed by atoms with Crippen molar-refractivity contribution in [3.63, 3.8) is 0 Å². The first-order valence-electron chi connectivity index (χ1n) is 7.49. The first kappa shape index (κ1) is 16.0. The fraction of sp³-hybridized carbons (Fsp3) is 0.438. The number of nitrogens with one attached hydrogen (secondary N) is 2. The van der Waals surface area contributed by atoms with E-state index in [-0.39, 0.29) is 17.7 Å². The van der Waals surface area contributed by atoms with Gasteiger partial charge in [-0.1, -0.05) is 18.2 Å². The van der Waals surface area contributed by atoms with Gasteiger partial charge in [-0.2, -0.15) is 0 Å². The van der Waals surface area contributed by atoms with Gasteiger partial charge in [0.05, 0.1) is 0 Å². The largest absolute Gasteiger partial charge is 0.356 e. The second-order valence-electron chi connectivity index (χ2n) is 5.28. The van der Waals surface area contributed by atoms with Crippen molar-refractivity contribution in [3.05, 3.63) is 30.3 Å². The van der Waals surface area contributed by atoms with Crippen LogP contribution < -0.4 is 15.5 Å². The van der Waals surface area contributed by atoms with Crippen LogP contribution in [0.25, 0.3) is 0 Å². The van der Waals surface area contributed by atoms with Gasteiger partial charge < -0.3 is 10.6 Å². The zero-order valence-electron chi connectivity index (χ0n) is 12.7. The summed E-state index contributed by atoms with van der Waals surface area (Å²) in [5.74, 6) is -0.245. The molecule has 1 fully saturated rings. The van der Waals surface area contributed by atoms with Gasteiger partial charge in [-0.25, -0.2) is 0 Å². The van der Waals surface area contributed by atoms with Crippen LogP contribution in [0.1, 0.15) is 26.2 Å². The molecule has 2 rings (SSSR count). The number of nitrogens with zero attached hydrogens (tertiary/aromatic N) is 1. The van der Waals surface area contributed by atoms with Crippen LogP contribution in [0.4, 0.5) is 5.69 Å². The zero-order chi connectivity index (χ0) is 15.9. The van der Waals surface area contributed by atoms with Crippen LogP contribution >= 0.6 is 0 Å². The highest BCUT2D eigenvalue weighted by Crippen LogP contribution is 2.26. The fourth-order valence-corrected chi connectivity index (χ4v) is 2.53. The molecule has 0 aliphatic carbocycles. The quantitative estimate of drug-likeness (QED) is 0.764. The highest BCUT2D eigenvalue weighted by Gasteiger charge is 2.36. The molecular weight excluding hydrogens is 282 g/mol. The molecule has 1 atom stereocenters. The summed E-state index contributed by atoms with van der Waals surface area (Å²) in [4.78, 5) is 36.6. The number of benzene rings is 1. The van der Waals surface area contributed by atoms with Gasteiger partial charge in [0.2, 0.25) is 17.7 Å². The normalized spacial score (nSPS) is 17.4. The van der Waals surface area contributed by atoms with E-state index in [0.717, 1.165) is 5.69 Å². The molecule has 6 nitrogen and oxygen atoms in total. The van der Waals surface area contributed by atoms with Gasteiger partial charge in [-0.05, 0) is 25.0 Å². The van der Waals surface area contributed by atoms with Gasteiger partial charge in [0.15, 0.2) is 0 Å². The van der Waals surface area contributed by atoms with Crippen LogP contribution in [0, 0.1) is 0 Å². The van der Waals surface area contributed by atoms with Crippen molar-refractivity contribution in [2.45, 2.75) is 32.2 Å². The average Bonchev–Trinajstić information content (AvgIpc) is 2.89. The van der Waals surface area contributed by atoms with E-state index in [2.05, 4.69) is 10.6 Å². The molecular formula is C16H21N3O3. The predicted octanol–water partition coefficient (Wildman–Crippen LogP) is 0.824. The second-order valence-corrected chi connectivity index (χ2v) is 5.28. The molecule has 1 aromatic carbocycles. The molecule has 1 aliphatic rings. The monoisotopic (exact) mass is 303 g/mol. The van der Waals surface area contributed by atoms with Crippen molar-refractivity contribution in [1.29, 1.82) is 0 Å². The highest BCUT2D eigenvalue weighted by molar-refractivity contribution is 6.03. The van der Waals surface area contributed by atoms with E-state index in [1.54, 1.807) is 4.90 Å². The lowest BCUT2D eigenvalue weighted by molar-refractivity contribution is -0.123. The Kier molecular flexibility index (Phi) is 5.52. The summed E-state index contributed by atoms with van der Waals surface area (Å²) in [5.41, 5.74) is 0.753. The average molecular weight is 303 g/mol. The summed E-state index contributed by atoms with van der Waals surface area (Å²) in [6.07, 6.45) is 1.58. The van der Waals surface area contributed by atoms with Crippen LogP contribution in [0.15, 0.2) is 30.3 Å². The Bertz CT molecular complexity index is 545. The third kappa shape index (κ3) is 4.07. The van der Waals surface area contributed by atoms with E-state index in [1.807, 2.05) is 30.3 Å². The summed E-state index contributed by atoms with van der Waals surface area (Å²) in [6, 6.07) is 8.80. The molecule has 1 unspecified atom stereocenters. The molecule has 22 heavy (non-hydrogen) atoms. The Hall–Kier alpha value is -2.37. The maximum absolute atomic E-state index is 12.3. The molecule has 1 aliphatic heterocycles. The van der Waals surface area contributed by atoms with Crippen LogP contribution in [-0.4, -0.2) is 36.9 Å². The number of carbonyl (C=O) groups excluding carboxylic acids is 3. The Morgan fingerprint density at radius 1 is 1.18 bits per heavy atom. The molecule has 1 aromatic rings. The first-order valence-corrected chi connectivity index (χ1v) is 7.49. The topological polar surface area (TPSA) is 78.5 Å². The third-order valence-corrected chi connectivity index (χ3v) is 3.58. The highest BCUT2D eigenvalue weighted by atomic mass is 16.2. The van der Waals surface area contributed by atoms with Crippen LogP contribution in [0.5, 0.6) is 0 Å². The minimum Gasteiger partial charge on any atom is -0.356 e. The summed E-state index contributed by atoms with van der Waals surface area (Å²) >= 11 is 0. The predicted molar refractivity (Wildman–Crippen MR) is 83.3 cm³/mol. The fourth-order valence-electron chi connectivity index (χ4n) is 2.53. The van der Waals surface area contributed by atoms with Crippen molar-refractivity contribution in [2.24, 2.45) is 0 Å². The lowest BCUT2D eigenvalue weighted by Crippen LogP contribution is -2.45. The summed E-state index contributed by atoms with van der Waals surface area (Å²) < 4.78 is 0. The van der Waals surface area contributed by atoms with Gasteiger partial charge in [-0.15, -0.1) is 0 Å². The van der Waals surface area contributed by atoms with Crippen molar-refractivity contribution in [2.75, 3.05) is 18.0 Å². The van der Waals surface area contributed by atoms with Crippen LogP contribution in [-0.2, 0) is 14.4 Å². The molecule has 0 saturated carbocycles. The Labute approximate surface area is 129 Å². The molecule has 1 heterocycles. The SMILES string of the molecule is CC(=O)NCCCNC(=O)C1CCC(=O)N1c1ccccc1. The molecule has 0 spiro atoms. The lowest BCUT2D eigenvalue weighted by Gasteiger charge is -2.24. The number of anilines is 1. The molecule has 0 aromatic heterocycles. The maximum Gasteiger partial charge on any atom is 0.243 e. The maximum atomic E-state index is 12.3. The van der Waals surface area contributed by atoms with Crippen molar-refractivity contribution >= 4 is 23.4 Å². The van der Waals surface area contributed by atoms with Crippen molar-refractivity contribution in [1.82, 2.24) is 10.6 Å². The standard InChI is InChI=1S/C16H21N3O3/c1-12(20)17-10-5-11-18-16(22)14-8-9-15(21)19(14)13-6-3-2-4-7-13/h2-4,6-7,14H,5,8-11H2,1H3,(H,17,20)(H,18,22). The number of hydrogen-bond acceptors (Lipinski definition) is 3. The molecule has 2 N–H and O–H groups in total. The van der Waals surface area contributed by atoms with Crippen molar-refractivity contribution < 1.29 is 14.4 Å². The molecule has 1 saturated heterocycles. The Morgan fingerprint density at radius 2 is 1.86 bits per heavy atom. The van der Waals surface area contributed by atoms with Gasteiger partial charge in [0.1, 0.15) is 6.04 Å². The number of para-hydroxylation sites is 1. The van der Waals surface area contributed by atoms with Crippen LogP contribution in [0.2, 0.25) is 0 Å². The van der Waals surface area contributed by atoms with Crippen LogP contribution in [0.3, 0.4) is 0 Å². The number of hydrogen-bond donors (Lipinski definition) is 2. The number of rotatable bonds is 6. The molecule has 6 heteroatoms. The van der Waals surface area contributed by atoms with E-state index >= 15 is 0 Å². The first-order chi connectivity index (χ1) is 10.6. The minimum atomic E-state index is -0.448. The van der Waals surface area contributed by atoms with Gasteiger partial charge in [0, 0.05) is 32.1 Å². The smallest absolute Gasteiger partial charge is 0.243 e. The van der Waals surface area contributed by atoms with Gasteiger partial charge in [0.25, 0.3) is 0 Å². The van der Waals surface area contributed by atoms with E-state index in [4.69, 9.17) is 0 Å². The van der Waals surface area contributed by atoms with E-state index in [0.29, 0.717) is 32.4 Å². The third-order valence-electron chi connectivity index (χ3n) is 3.58. The van der Waals surface area contributed by atoms with E-state index in [9.17, 15) is 14.4 Å².